The van der Waals surface area contributed by atoms with Crippen molar-refractivity contribution in [3.63, 3.8) is 0 Å². The molecule has 0 amide bonds. The van der Waals surface area contributed by atoms with Gasteiger partial charge in [0.2, 0.25) is 0 Å². The first-order valence-electron chi connectivity index (χ1n) is 6.58. The summed E-state index contributed by atoms with van der Waals surface area (Å²) >= 11 is 0. The molecule has 1 aromatic carbocycles. The lowest BCUT2D eigenvalue weighted by Gasteiger charge is -2.12. The fourth-order valence-corrected chi connectivity index (χ4v) is 3.42. The lowest BCUT2D eigenvalue weighted by Crippen LogP contribution is -2.28. The van der Waals surface area contributed by atoms with Crippen LogP contribution >= 0.6 is 0 Å². The van der Waals surface area contributed by atoms with Crippen LogP contribution < -0.4 is 9.62 Å². The van der Waals surface area contributed by atoms with Gasteiger partial charge in [0, 0.05) is 6.42 Å². The van der Waals surface area contributed by atoms with Crippen LogP contribution in [-0.4, -0.2) is 21.1 Å². The maximum absolute atomic E-state index is 12.1. The van der Waals surface area contributed by atoms with Crippen LogP contribution in [0.4, 0.5) is 0 Å². The average molecular weight is 283 g/mol. The topological polar surface area (TPSA) is 64.6 Å². The van der Waals surface area contributed by atoms with Gasteiger partial charge in [-0.25, -0.2) is 8.42 Å². The van der Waals surface area contributed by atoms with Crippen LogP contribution in [-0.2, 0) is 21.3 Å². The first kappa shape index (κ1) is 12.9. The summed E-state index contributed by atoms with van der Waals surface area (Å²) in [5, 5.41) is 0. The van der Waals surface area contributed by atoms with Crippen molar-refractivity contribution in [1.82, 2.24) is 4.89 Å². The quantitative estimate of drug-likeness (QED) is 0.855. The standard InChI is InChI=1S/C13H17NO4S/c15-19(16,14-18-11-3-1-2-4-11)12-5-6-13-10(9-12)7-8-17-13/h5-6,9,11,14H,1-4,7-8H2. The zero-order chi connectivity index (χ0) is 13.3. The maximum Gasteiger partial charge on any atom is 0.262 e. The molecule has 3 rings (SSSR count). The third-order valence-corrected chi connectivity index (χ3v) is 4.79. The van der Waals surface area contributed by atoms with Crippen molar-refractivity contribution in [2.45, 2.75) is 43.1 Å². The van der Waals surface area contributed by atoms with Crippen LogP contribution in [0.5, 0.6) is 5.75 Å². The molecule has 1 heterocycles. The van der Waals surface area contributed by atoms with E-state index in [-0.39, 0.29) is 11.0 Å². The van der Waals surface area contributed by atoms with Gasteiger partial charge >= 0.3 is 0 Å². The van der Waals surface area contributed by atoms with Gasteiger partial charge in [0.25, 0.3) is 10.0 Å². The second-order valence-electron chi connectivity index (χ2n) is 4.98. The number of fused-ring (bicyclic) bond motifs is 1. The molecule has 1 fully saturated rings. The Labute approximate surface area is 112 Å². The number of ether oxygens (including phenoxy) is 1. The monoisotopic (exact) mass is 283 g/mol. The molecular formula is C13H17NO4S. The lowest BCUT2D eigenvalue weighted by molar-refractivity contribution is 0.0223. The summed E-state index contributed by atoms with van der Waals surface area (Å²) in [5.41, 5.74) is 0.934. The summed E-state index contributed by atoms with van der Waals surface area (Å²) in [7, 11) is -3.60. The van der Waals surface area contributed by atoms with E-state index in [1.807, 2.05) is 0 Å². The molecule has 1 aromatic rings. The third kappa shape index (κ3) is 2.75. The van der Waals surface area contributed by atoms with Crippen molar-refractivity contribution in [2.75, 3.05) is 6.61 Å². The van der Waals surface area contributed by atoms with E-state index >= 15 is 0 Å². The Kier molecular flexibility index (Phi) is 3.47. The fourth-order valence-electron chi connectivity index (χ4n) is 2.52. The van der Waals surface area contributed by atoms with E-state index in [0.717, 1.165) is 43.4 Å². The molecule has 104 valence electrons. The minimum absolute atomic E-state index is 0.00698. The van der Waals surface area contributed by atoms with Crippen molar-refractivity contribution < 1.29 is 18.0 Å². The average Bonchev–Trinajstić information content (AvgIpc) is 3.06. The zero-order valence-corrected chi connectivity index (χ0v) is 11.4. The fraction of sp³-hybridized carbons (Fsp3) is 0.538. The molecule has 0 aromatic heterocycles. The van der Waals surface area contributed by atoms with Gasteiger partial charge in [-0.2, -0.15) is 0 Å². The van der Waals surface area contributed by atoms with Gasteiger partial charge in [0.15, 0.2) is 0 Å². The molecule has 2 aliphatic rings. The van der Waals surface area contributed by atoms with Crippen molar-refractivity contribution in [2.24, 2.45) is 0 Å². The Hall–Kier alpha value is -1.11. The smallest absolute Gasteiger partial charge is 0.262 e. The summed E-state index contributed by atoms with van der Waals surface area (Å²) in [6.07, 6.45) is 4.79. The highest BCUT2D eigenvalue weighted by Gasteiger charge is 2.22. The number of sulfonamides is 1. The highest BCUT2D eigenvalue weighted by Crippen LogP contribution is 2.27. The SMILES string of the molecule is O=S(=O)(NOC1CCCC1)c1ccc2c(c1)CCO2. The Morgan fingerprint density at radius 1 is 1.26 bits per heavy atom. The molecule has 6 heteroatoms. The number of hydrogen-bond donors (Lipinski definition) is 1. The minimum Gasteiger partial charge on any atom is -0.493 e. The van der Waals surface area contributed by atoms with Crippen LogP contribution in [0.1, 0.15) is 31.2 Å². The molecule has 0 radical (unpaired) electrons. The van der Waals surface area contributed by atoms with Gasteiger partial charge in [0.05, 0.1) is 17.6 Å². The first-order valence-corrected chi connectivity index (χ1v) is 8.07. The maximum atomic E-state index is 12.1. The molecular weight excluding hydrogens is 266 g/mol. The molecule has 0 bridgehead atoms. The third-order valence-electron chi connectivity index (χ3n) is 3.60. The van der Waals surface area contributed by atoms with E-state index in [0.29, 0.717) is 6.61 Å². The van der Waals surface area contributed by atoms with Gasteiger partial charge in [-0.3, -0.25) is 4.84 Å². The van der Waals surface area contributed by atoms with Gasteiger partial charge in [-0.05, 0) is 36.6 Å². The van der Waals surface area contributed by atoms with E-state index in [1.165, 1.54) is 0 Å². The Morgan fingerprint density at radius 2 is 2.05 bits per heavy atom. The Bertz CT molecular complexity index is 564. The minimum atomic E-state index is -3.60. The number of hydrogen-bond acceptors (Lipinski definition) is 4. The van der Waals surface area contributed by atoms with Crippen molar-refractivity contribution in [3.05, 3.63) is 23.8 Å². The second kappa shape index (κ2) is 5.11. The summed E-state index contributed by atoms with van der Waals surface area (Å²) < 4.78 is 29.6. The lowest BCUT2D eigenvalue weighted by atomic mass is 10.2. The molecule has 1 N–H and O–H groups in total. The molecule has 5 nitrogen and oxygen atoms in total. The van der Waals surface area contributed by atoms with Gasteiger partial charge in [-0.15, -0.1) is 0 Å². The van der Waals surface area contributed by atoms with Gasteiger partial charge < -0.3 is 4.74 Å². The van der Waals surface area contributed by atoms with E-state index in [1.54, 1.807) is 18.2 Å². The van der Waals surface area contributed by atoms with Gasteiger partial charge in [0.1, 0.15) is 5.75 Å². The van der Waals surface area contributed by atoms with E-state index in [2.05, 4.69) is 4.89 Å². The van der Waals surface area contributed by atoms with Crippen LogP contribution in [0.25, 0.3) is 0 Å². The normalized spacial score (nSPS) is 19.4. The predicted molar refractivity (Wildman–Crippen MR) is 69.3 cm³/mol. The van der Waals surface area contributed by atoms with Crippen LogP contribution in [0.15, 0.2) is 23.1 Å². The van der Waals surface area contributed by atoms with Crippen molar-refractivity contribution in [3.8, 4) is 5.75 Å². The largest absolute Gasteiger partial charge is 0.493 e. The van der Waals surface area contributed by atoms with E-state index < -0.39 is 10.0 Å². The number of benzene rings is 1. The molecule has 0 unspecified atom stereocenters. The van der Waals surface area contributed by atoms with Crippen molar-refractivity contribution in [1.29, 1.82) is 0 Å². The molecule has 1 saturated carbocycles. The molecule has 19 heavy (non-hydrogen) atoms. The first-order chi connectivity index (χ1) is 9.15. The van der Waals surface area contributed by atoms with E-state index in [9.17, 15) is 8.42 Å². The summed E-state index contributed by atoms with van der Waals surface area (Å²) in [5.74, 6) is 0.774. The summed E-state index contributed by atoms with van der Waals surface area (Å²) in [6, 6.07) is 4.90. The van der Waals surface area contributed by atoms with Crippen LogP contribution in [0, 0.1) is 0 Å². The van der Waals surface area contributed by atoms with E-state index in [4.69, 9.17) is 9.57 Å². The highest BCUT2D eigenvalue weighted by molar-refractivity contribution is 7.89. The summed E-state index contributed by atoms with van der Waals surface area (Å²) in [6.45, 7) is 0.616. The second-order valence-corrected chi connectivity index (χ2v) is 6.62. The van der Waals surface area contributed by atoms with Crippen molar-refractivity contribution >= 4 is 10.0 Å². The molecule has 1 aliphatic carbocycles. The molecule has 1 aliphatic heterocycles. The zero-order valence-electron chi connectivity index (χ0n) is 10.6. The Morgan fingerprint density at radius 3 is 2.84 bits per heavy atom. The highest BCUT2D eigenvalue weighted by atomic mass is 32.2. The van der Waals surface area contributed by atoms with Crippen LogP contribution in [0.3, 0.4) is 0 Å². The predicted octanol–water partition coefficient (Wildman–Crippen LogP) is 1.77. The Balaban J connectivity index is 1.72. The molecule has 0 atom stereocenters. The number of nitrogens with one attached hydrogen (secondary N) is 1. The summed E-state index contributed by atoms with van der Waals surface area (Å²) in [4.78, 5) is 7.74. The van der Waals surface area contributed by atoms with Gasteiger partial charge in [-0.1, -0.05) is 17.7 Å². The number of rotatable bonds is 4. The molecule has 0 saturated heterocycles. The van der Waals surface area contributed by atoms with Crippen LogP contribution in [0.2, 0.25) is 0 Å². The molecule has 0 spiro atoms.